The molecule has 0 atom stereocenters. The van der Waals surface area contributed by atoms with Crippen LogP contribution < -0.4 is 0 Å². The van der Waals surface area contributed by atoms with E-state index in [2.05, 4.69) is 4.99 Å². The second-order valence-corrected chi connectivity index (χ2v) is 2.82. The van der Waals surface area contributed by atoms with Gasteiger partial charge in [0.1, 0.15) is 0 Å². The van der Waals surface area contributed by atoms with Gasteiger partial charge in [-0.05, 0) is 11.6 Å². The average Bonchev–Trinajstić information content (AvgIpc) is 1.92. The van der Waals surface area contributed by atoms with E-state index in [0.29, 0.717) is 10.6 Å². The Hall–Kier alpha value is -0.420. The number of aliphatic imine (C=N–C) groups is 1. The zero-order valence-corrected chi connectivity index (χ0v) is 7.08. The lowest BCUT2D eigenvalue weighted by Crippen LogP contribution is -2.28. The molecule has 0 N–H and O–H groups in total. The Morgan fingerprint density at radius 1 is 1.50 bits per heavy atom. The van der Waals surface area contributed by atoms with Crippen LogP contribution in [0.5, 0.6) is 0 Å². The molecular weight excluding hydrogens is 216 g/mol. The van der Waals surface area contributed by atoms with Crippen molar-refractivity contribution >= 4 is 28.7 Å². The maximum absolute atomic E-state index is 12.0. The third-order valence-electron chi connectivity index (χ3n) is 1.20. The average molecular weight is 219 g/mol. The van der Waals surface area contributed by atoms with Gasteiger partial charge in [0, 0.05) is 18.0 Å². The van der Waals surface area contributed by atoms with E-state index >= 15 is 0 Å². The molecule has 1 heterocycles. The highest BCUT2D eigenvalue weighted by atomic mass is 35.5. The van der Waals surface area contributed by atoms with E-state index < -0.39 is 18.3 Å². The minimum Gasteiger partial charge on any atom is -0.254 e. The van der Waals surface area contributed by atoms with Crippen molar-refractivity contribution in [3.8, 4) is 0 Å². The Morgan fingerprint density at radius 2 is 2.08 bits per heavy atom. The Bertz CT molecular complexity index is 246. The van der Waals surface area contributed by atoms with Crippen LogP contribution in [0.1, 0.15) is 0 Å². The van der Waals surface area contributed by atoms with Crippen LogP contribution in [-0.4, -0.2) is 22.4 Å². The highest BCUT2D eigenvalue weighted by molar-refractivity contribution is 6.67. The molecule has 0 aliphatic carbocycles. The molecule has 68 valence electrons. The molecule has 0 saturated heterocycles. The van der Waals surface area contributed by atoms with Gasteiger partial charge < -0.3 is 0 Å². The van der Waals surface area contributed by atoms with Crippen LogP contribution in [0.3, 0.4) is 0 Å². The minimum absolute atomic E-state index is 0.162. The molecule has 0 fully saturated rings. The standard InChI is InChI=1S/C5H3Cl2F3N2/c6-4-11-1-3(2-12(4)7)5(8,9)10/h1H,2H2. The lowest BCUT2D eigenvalue weighted by Gasteiger charge is -2.20. The first kappa shape index (κ1) is 9.67. The van der Waals surface area contributed by atoms with Crippen LogP contribution in [0.25, 0.3) is 0 Å². The van der Waals surface area contributed by atoms with E-state index in [9.17, 15) is 13.2 Å². The number of halogens is 5. The first-order chi connectivity index (χ1) is 5.41. The smallest absolute Gasteiger partial charge is 0.254 e. The van der Waals surface area contributed by atoms with Crippen LogP contribution >= 0.6 is 23.4 Å². The summed E-state index contributed by atoms with van der Waals surface area (Å²) in [4.78, 5) is 3.25. The van der Waals surface area contributed by atoms with Gasteiger partial charge in [0.25, 0.3) is 0 Å². The molecule has 0 radical (unpaired) electrons. The summed E-state index contributed by atoms with van der Waals surface area (Å²) in [7, 11) is 0. The van der Waals surface area contributed by atoms with Gasteiger partial charge in [0.05, 0.1) is 12.1 Å². The van der Waals surface area contributed by atoms with Crippen LogP contribution in [0, 0.1) is 0 Å². The summed E-state index contributed by atoms with van der Waals surface area (Å²) in [6.45, 7) is -0.479. The molecule has 0 saturated carbocycles. The van der Waals surface area contributed by atoms with Gasteiger partial charge in [0.2, 0.25) is 5.29 Å². The lowest BCUT2D eigenvalue weighted by atomic mass is 10.2. The normalized spacial score (nSPS) is 18.9. The fourth-order valence-corrected chi connectivity index (χ4v) is 0.893. The molecule has 2 nitrogen and oxygen atoms in total. The van der Waals surface area contributed by atoms with Gasteiger partial charge >= 0.3 is 6.18 Å². The first-order valence-electron chi connectivity index (χ1n) is 2.84. The molecule has 7 heteroatoms. The van der Waals surface area contributed by atoms with Gasteiger partial charge in [-0.1, -0.05) is 0 Å². The summed E-state index contributed by atoms with van der Waals surface area (Å²) >= 11 is 10.6. The van der Waals surface area contributed by atoms with Crippen molar-refractivity contribution in [2.75, 3.05) is 6.54 Å². The maximum Gasteiger partial charge on any atom is 0.415 e. The summed E-state index contributed by atoms with van der Waals surface area (Å²) in [5.74, 6) is 0. The van der Waals surface area contributed by atoms with E-state index in [1.54, 1.807) is 0 Å². The SMILES string of the molecule is FC(F)(F)C1=CN=C(Cl)N(Cl)C1. The third kappa shape index (κ3) is 2.04. The van der Waals surface area contributed by atoms with Crippen LogP contribution in [0.2, 0.25) is 0 Å². The Kier molecular flexibility index (Phi) is 2.53. The number of alkyl halides is 3. The molecule has 0 aromatic rings. The monoisotopic (exact) mass is 218 g/mol. The van der Waals surface area contributed by atoms with Gasteiger partial charge in [0.15, 0.2) is 0 Å². The number of hydrogen-bond donors (Lipinski definition) is 0. The van der Waals surface area contributed by atoms with E-state index in [0.717, 1.165) is 0 Å². The fraction of sp³-hybridized carbons (Fsp3) is 0.400. The first-order valence-corrected chi connectivity index (χ1v) is 3.55. The van der Waals surface area contributed by atoms with Crippen molar-refractivity contribution in [3.05, 3.63) is 11.8 Å². The molecule has 0 aromatic heterocycles. The number of hydrogen-bond acceptors (Lipinski definition) is 2. The van der Waals surface area contributed by atoms with Crippen molar-refractivity contribution in [2.45, 2.75) is 6.18 Å². The molecule has 1 aliphatic rings. The molecule has 0 spiro atoms. The summed E-state index contributed by atoms with van der Waals surface area (Å²) in [5, 5.41) is -0.162. The highest BCUT2D eigenvalue weighted by Crippen LogP contribution is 2.29. The maximum atomic E-state index is 12.0. The van der Waals surface area contributed by atoms with Crippen molar-refractivity contribution in [1.29, 1.82) is 0 Å². The summed E-state index contributed by atoms with van der Waals surface area (Å²) in [6, 6.07) is 0. The molecule has 0 aromatic carbocycles. The van der Waals surface area contributed by atoms with Gasteiger partial charge in [-0.25, -0.2) is 4.99 Å². The Labute approximate surface area is 76.4 Å². The van der Waals surface area contributed by atoms with Crippen LogP contribution in [-0.2, 0) is 0 Å². The lowest BCUT2D eigenvalue weighted by molar-refractivity contribution is -0.0940. The van der Waals surface area contributed by atoms with Gasteiger partial charge in [-0.15, -0.1) is 0 Å². The third-order valence-corrected chi connectivity index (χ3v) is 1.87. The van der Waals surface area contributed by atoms with Crippen molar-refractivity contribution in [1.82, 2.24) is 4.42 Å². The van der Waals surface area contributed by atoms with Crippen molar-refractivity contribution < 1.29 is 13.2 Å². The Morgan fingerprint density at radius 3 is 2.50 bits per heavy atom. The molecule has 1 rings (SSSR count). The second-order valence-electron chi connectivity index (χ2n) is 2.07. The molecule has 0 bridgehead atoms. The number of nitrogens with zero attached hydrogens (tertiary/aromatic N) is 2. The largest absolute Gasteiger partial charge is 0.415 e. The zero-order chi connectivity index (χ0) is 9.35. The highest BCUT2D eigenvalue weighted by Gasteiger charge is 2.36. The summed E-state index contributed by atoms with van der Waals surface area (Å²) in [5.41, 5.74) is -0.818. The van der Waals surface area contributed by atoms with Crippen molar-refractivity contribution in [2.24, 2.45) is 4.99 Å². The molecule has 0 unspecified atom stereocenters. The van der Waals surface area contributed by atoms with E-state index in [1.165, 1.54) is 0 Å². The predicted octanol–water partition coefficient (Wildman–Crippen LogP) is 2.50. The van der Waals surface area contributed by atoms with E-state index in [4.69, 9.17) is 23.4 Å². The number of amidine groups is 1. The summed E-state index contributed by atoms with van der Waals surface area (Å²) in [6.07, 6.45) is -3.73. The minimum atomic E-state index is -4.39. The molecule has 0 amide bonds. The second kappa shape index (κ2) is 3.14. The topological polar surface area (TPSA) is 15.6 Å². The zero-order valence-electron chi connectivity index (χ0n) is 5.57. The fourth-order valence-electron chi connectivity index (χ4n) is 0.612. The molecule has 12 heavy (non-hydrogen) atoms. The van der Waals surface area contributed by atoms with Gasteiger partial charge in [-0.2, -0.15) is 13.2 Å². The number of rotatable bonds is 0. The van der Waals surface area contributed by atoms with Crippen LogP contribution in [0.15, 0.2) is 16.8 Å². The predicted molar refractivity (Wildman–Crippen MR) is 40.0 cm³/mol. The quantitative estimate of drug-likeness (QED) is 0.451. The van der Waals surface area contributed by atoms with E-state index in [1.807, 2.05) is 0 Å². The van der Waals surface area contributed by atoms with Gasteiger partial charge in [-0.3, -0.25) is 4.42 Å². The molecule has 1 aliphatic heterocycles. The van der Waals surface area contributed by atoms with E-state index in [-0.39, 0.29) is 5.29 Å². The van der Waals surface area contributed by atoms with Crippen molar-refractivity contribution in [3.63, 3.8) is 0 Å². The summed E-state index contributed by atoms with van der Waals surface area (Å²) < 4.78 is 36.6. The Balaban J connectivity index is 2.84. The van der Waals surface area contributed by atoms with Crippen LogP contribution in [0.4, 0.5) is 13.2 Å². The molecular formula is C5H3Cl2F3N2.